The van der Waals surface area contributed by atoms with E-state index >= 15 is 0 Å². The Hall–Kier alpha value is -2.46. The molecule has 1 amide bonds. The quantitative estimate of drug-likeness (QED) is 0.834. The van der Waals surface area contributed by atoms with Crippen molar-refractivity contribution >= 4 is 17.4 Å². The number of amides is 1. The maximum absolute atomic E-state index is 12.5. The summed E-state index contributed by atoms with van der Waals surface area (Å²) in [6.07, 6.45) is 1.62. The second kappa shape index (κ2) is 8.28. The zero-order chi connectivity index (χ0) is 18.5. The second-order valence-corrected chi connectivity index (χ2v) is 7.13. The van der Waals surface area contributed by atoms with Gasteiger partial charge in [0.25, 0.3) is 0 Å². The van der Waals surface area contributed by atoms with Gasteiger partial charge in [0.05, 0.1) is 6.54 Å². The summed E-state index contributed by atoms with van der Waals surface area (Å²) >= 11 is 0. The van der Waals surface area contributed by atoms with Crippen LogP contribution in [0.5, 0.6) is 0 Å². The SMILES string of the molecule is Cc1ccc(NC(=O)CN2CCC(C(=O)c3ccccc3)CC2)cc1C. The number of hydrogen-bond donors (Lipinski definition) is 1. The highest BCUT2D eigenvalue weighted by Crippen LogP contribution is 2.22. The maximum Gasteiger partial charge on any atom is 0.238 e. The summed E-state index contributed by atoms with van der Waals surface area (Å²) in [5.74, 6) is 0.294. The Morgan fingerprint density at radius 1 is 1.00 bits per heavy atom. The third-order valence-corrected chi connectivity index (χ3v) is 5.17. The van der Waals surface area contributed by atoms with E-state index in [0.29, 0.717) is 6.54 Å². The zero-order valence-corrected chi connectivity index (χ0v) is 15.5. The molecule has 1 saturated heterocycles. The van der Waals surface area contributed by atoms with Crippen molar-refractivity contribution in [2.24, 2.45) is 5.92 Å². The lowest BCUT2D eigenvalue weighted by molar-refractivity contribution is -0.117. The molecule has 4 nitrogen and oxygen atoms in total. The molecule has 26 heavy (non-hydrogen) atoms. The number of carbonyl (C=O) groups excluding carboxylic acids is 2. The van der Waals surface area contributed by atoms with Crippen LogP contribution in [0.2, 0.25) is 0 Å². The monoisotopic (exact) mass is 350 g/mol. The topological polar surface area (TPSA) is 49.4 Å². The second-order valence-electron chi connectivity index (χ2n) is 7.13. The predicted octanol–water partition coefficient (Wildman–Crippen LogP) is 3.84. The van der Waals surface area contributed by atoms with Crippen LogP contribution in [-0.2, 0) is 4.79 Å². The Labute approximate surface area is 155 Å². The molecule has 0 unspecified atom stereocenters. The Kier molecular flexibility index (Phi) is 5.84. The van der Waals surface area contributed by atoms with Gasteiger partial charge >= 0.3 is 0 Å². The van der Waals surface area contributed by atoms with E-state index in [1.54, 1.807) is 0 Å². The molecule has 1 aliphatic rings. The van der Waals surface area contributed by atoms with E-state index < -0.39 is 0 Å². The first-order valence-electron chi connectivity index (χ1n) is 9.21. The molecular formula is C22H26N2O2. The number of anilines is 1. The lowest BCUT2D eigenvalue weighted by Crippen LogP contribution is -2.40. The van der Waals surface area contributed by atoms with Crippen molar-refractivity contribution in [1.29, 1.82) is 0 Å². The first-order chi connectivity index (χ1) is 12.5. The van der Waals surface area contributed by atoms with Gasteiger partial charge in [0.1, 0.15) is 0 Å². The Bertz CT molecular complexity index is 778. The molecule has 0 saturated carbocycles. The fraction of sp³-hybridized carbons (Fsp3) is 0.364. The van der Waals surface area contributed by atoms with Crippen LogP contribution in [0.3, 0.4) is 0 Å². The van der Waals surface area contributed by atoms with Gasteiger partial charge in [0.2, 0.25) is 5.91 Å². The van der Waals surface area contributed by atoms with Gasteiger partial charge in [-0.05, 0) is 63.0 Å². The Morgan fingerprint density at radius 2 is 1.69 bits per heavy atom. The number of benzene rings is 2. The molecule has 1 aliphatic heterocycles. The smallest absolute Gasteiger partial charge is 0.238 e. The molecule has 2 aromatic rings. The average molecular weight is 350 g/mol. The highest BCUT2D eigenvalue weighted by atomic mass is 16.2. The number of rotatable bonds is 5. The highest BCUT2D eigenvalue weighted by Gasteiger charge is 2.26. The van der Waals surface area contributed by atoms with E-state index in [9.17, 15) is 9.59 Å². The minimum atomic E-state index is 0.00101. The number of nitrogens with zero attached hydrogens (tertiary/aromatic N) is 1. The molecule has 1 heterocycles. The number of nitrogens with one attached hydrogen (secondary N) is 1. The van der Waals surface area contributed by atoms with Crippen molar-refractivity contribution < 1.29 is 9.59 Å². The van der Waals surface area contributed by atoms with Crippen LogP contribution >= 0.6 is 0 Å². The lowest BCUT2D eigenvalue weighted by atomic mass is 9.89. The van der Waals surface area contributed by atoms with Crippen LogP contribution in [0.1, 0.15) is 34.3 Å². The number of piperidine rings is 1. The van der Waals surface area contributed by atoms with Crippen molar-refractivity contribution in [2.45, 2.75) is 26.7 Å². The van der Waals surface area contributed by atoms with Crippen molar-refractivity contribution in [3.8, 4) is 0 Å². The van der Waals surface area contributed by atoms with Gasteiger partial charge < -0.3 is 5.32 Å². The van der Waals surface area contributed by atoms with Crippen molar-refractivity contribution in [2.75, 3.05) is 25.0 Å². The molecule has 0 aromatic heterocycles. The van der Waals surface area contributed by atoms with E-state index in [2.05, 4.69) is 17.1 Å². The van der Waals surface area contributed by atoms with Gasteiger partial charge in [0, 0.05) is 17.2 Å². The number of ketones is 1. The molecule has 2 aromatic carbocycles. The summed E-state index contributed by atoms with van der Waals surface area (Å²) in [6, 6.07) is 15.4. The molecule has 0 radical (unpaired) electrons. The molecular weight excluding hydrogens is 324 g/mol. The van der Waals surface area contributed by atoms with Crippen LogP contribution in [0.15, 0.2) is 48.5 Å². The van der Waals surface area contributed by atoms with E-state index in [1.165, 1.54) is 11.1 Å². The fourth-order valence-electron chi connectivity index (χ4n) is 3.41. The first kappa shape index (κ1) is 18.3. The van der Waals surface area contributed by atoms with Gasteiger partial charge in [-0.1, -0.05) is 36.4 Å². The number of aryl methyl sites for hydroxylation is 2. The molecule has 0 bridgehead atoms. The van der Waals surface area contributed by atoms with E-state index in [-0.39, 0.29) is 17.6 Å². The molecule has 136 valence electrons. The van der Waals surface area contributed by atoms with Gasteiger partial charge in [-0.25, -0.2) is 0 Å². The van der Waals surface area contributed by atoms with Crippen molar-refractivity contribution in [1.82, 2.24) is 4.90 Å². The largest absolute Gasteiger partial charge is 0.325 e. The average Bonchev–Trinajstić information content (AvgIpc) is 2.65. The molecule has 1 N–H and O–H groups in total. The van der Waals surface area contributed by atoms with Gasteiger partial charge in [-0.3, -0.25) is 14.5 Å². The van der Waals surface area contributed by atoms with E-state index in [0.717, 1.165) is 37.2 Å². The third kappa shape index (κ3) is 4.58. The van der Waals surface area contributed by atoms with E-state index in [1.807, 2.05) is 55.5 Å². The van der Waals surface area contributed by atoms with Crippen LogP contribution < -0.4 is 5.32 Å². The third-order valence-electron chi connectivity index (χ3n) is 5.17. The highest BCUT2D eigenvalue weighted by molar-refractivity contribution is 5.98. The van der Waals surface area contributed by atoms with Crippen LogP contribution in [0.4, 0.5) is 5.69 Å². The van der Waals surface area contributed by atoms with Crippen LogP contribution in [0.25, 0.3) is 0 Å². The molecule has 0 atom stereocenters. The summed E-state index contributed by atoms with van der Waals surface area (Å²) in [5, 5.41) is 2.97. The number of Topliss-reactive ketones (excluding diaryl/α,β-unsaturated/α-hetero) is 1. The summed E-state index contributed by atoms with van der Waals surface area (Å²) < 4.78 is 0. The van der Waals surface area contributed by atoms with Crippen molar-refractivity contribution in [3.63, 3.8) is 0 Å². The molecule has 0 aliphatic carbocycles. The summed E-state index contributed by atoms with van der Waals surface area (Å²) in [4.78, 5) is 27.0. The predicted molar refractivity (Wildman–Crippen MR) is 104 cm³/mol. The number of hydrogen-bond acceptors (Lipinski definition) is 3. The van der Waals surface area contributed by atoms with Crippen LogP contribution in [-0.4, -0.2) is 36.2 Å². The molecule has 3 rings (SSSR count). The van der Waals surface area contributed by atoms with Crippen molar-refractivity contribution in [3.05, 3.63) is 65.2 Å². The maximum atomic E-state index is 12.5. The first-order valence-corrected chi connectivity index (χ1v) is 9.21. The molecule has 4 heteroatoms. The number of carbonyl (C=O) groups is 2. The van der Waals surface area contributed by atoms with Crippen LogP contribution in [0, 0.1) is 19.8 Å². The fourth-order valence-corrected chi connectivity index (χ4v) is 3.41. The molecule has 1 fully saturated rings. The normalized spacial score (nSPS) is 15.6. The summed E-state index contributed by atoms with van der Waals surface area (Å²) in [7, 11) is 0. The summed E-state index contributed by atoms with van der Waals surface area (Å²) in [6.45, 7) is 6.04. The standard InChI is InChI=1S/C22H26N2O2/c1-16-8-9-20(14-17(16)2)23-21(25)15-24-12-10-19(11-13-24)22(26)18-6-4-3-5-7-18/h3-9,14,19H,10-13,15H2,1-2H3,(H,23,25). The van der Waals surface area contributed by atoms with E-state index in [4.69, 9.17) is 0 Å². The molecule has 0 spiro atoms. The van der Waals surface area contributed by atoms with Gasteiger partial charge in [-0.2, -0.15) is 0 Å². The Balaban J connectivity index is 1.48. The summed E-state index contributed by atoms with van der Waals surface area (Å²) in [5.41, 5.74) is 4.02. The minimum absolute atomic E-state index is 0.00101. The lowest BCUT2D eigenvalue weighted by Gasteiger charge is -2.30. The van der Waals surface area contributed by atoms with Gasteiger partial charge in [-0.15, -0.1) is 0 Å². The minimum Gasteiger partial charge on any atom is -0.325 e. The Morgan fingerprint density at radius 3 is 2.35 bits per heavy atom. The number of likely N-dealkylation sites (tertiary alicyclic amines) is 1. The zero-order valence-electron chi connectivity index (χ0n) is 15.5. The van der Waals surface area contributed by atoms with Gasteiger partial charge in [0.15, 0.2) is 5.78 Å².